The molecule has 0 spiro atoms. The lowest BCUT2D eigenvalue weighted by atomic mass is 10.2. The number of aliphatic carboxylic acids is 1. The third-order valence-corrected chi connectivity index (χ3v) is 5.55. The van der Waals surface area contributed by atoms with Crippen molar-refractivity contribution in [1.82, 2.24) is 0 Å². The maximum absolute atomic E-state index is 13.8. The summed E-state index contributed by atoms with van der Waals surface area (Å²) in [5.74, 6) is -2.91. The fraction of sp³-hybridized carbons (Fsp3) is 0.333. The molecule has 0 aliphatic rings. The van der Waals surface area contributed by atoms with Gasteiger partial charge in [0, 0.05) is 6.42 Å². The Hall–Kier alpha value is -1.08. The summed E-state index contributed by atoms with van der Waals surface area (Å²) in [6, 6.07) is 1.66. The van der Waals surface area contributed by atoms with Crippen LogP contribution >= 0.6 is 33.2 Å². The van der Waals surface area contributed by atoms with E-state index >= 15 is 0 Å². The Bertz CT molecular complexity index is 617. The number of carboxylic acid groups (broad SMARTS) is 1. The SMILES string of the molecule is O=C([O-])/C=C/c1ccc(OC(=O)CCCCC[Si](Cl)(Cl)Cl)c(F)c1. The summed E-state index contributed by atoms with van der Waals surface area (Å²) in [6.45, 7) is 0. The predicted octanol–water partition coefficient (Wildman–Crippen LogP) is 3.71. The Kier molecular flexibility index (Phi) is 8.76. The fourth-order valence-electron chi connectivity index (χ4n) is 1.81. The van der Waals surface area contributed by atoms with Crippen molar-refractivity contribution < 1.29 is 23.8 Å². The molecule has 0 radical (unpaired) electrons. The Morgan fingerprint density at radius 2 is 1.92 bits per heavy atom. The van der Waals surface area contributed by atoms with Gasteiger partial charge in [0.05, 0.1) is 5.97 Å². The van der Waals surface area contributed by atoms with Gasteiger partial charge >= 0.3 is 12.0 Å². The lowest BCUT2D eigenvalue weighted by Crippen LogP contribution is -2.18. The summed E-state index contributed by atoms with van der Waals surface area (Å²) in [5.41, 5.74) is 0.312. The number of halogens is 4. The van der Waals surface area contributed by atoms with E-state index in [4.69, 9.17) is 38.0 Å². The summed E-state index contributed by atoms with van der Waals surface area (Å²) in [7, 11) is 0. The minimum atomic E-state index is -2.62. The van der Waals surface area contributed by atoms with Gasteiger partial charge in [-0.2, -0.15) is 0 Å². The van der Waals surface area contributed by atoms with Crippen molar-refractivity contribution in [2.75, 3.05) is 0 Å². The van der Waals surface area contributed by atoms with E-state index in [1.165, 1.54) is 18.2 Å². The van der Waals surface area contributed by atoms with Gasteiger partial charge in [-0.05, 0) is 36.2 Å². The van der Waals surface area contributed by atoms with Crippen molar-refractivity contribution >= 4 is 57.3 Å². The Labute approximate surface area is 154 Å². The monoisotopic (exact) mass is 411 g/mol. The van der Waals surface area contributed by atoms with Crippen molar-refractivity contribution in [3.8, 4) is 5.75 Å². The van der Waals surface area contributed by atoms with E-state index in [1.54, 1.807) is 0 Å². The molecule has 0 saturated heterocycles. The number of hydrogen-bond acceptors (Lipinski definition) is 4. The molecule has 9 heteroatoms. The lowest BCUT2D eigenvalue weighted by molar-refractivity contribution is -0.297. The number of unbranched alkanes of at least 4 members (excludes halogenated alkanes) is 2. The van der Waals surface area contributed by atoms with Gasteiger partial charge in [0.2, 0.25) is 0 Å². The summed E-state index contributed by atoms with van der Waals surface area (Å²) < 4.78 is 18.7. The van der Waals surface area contributed by atoms with E-state index in [1.807, 2.05) is 0 Å². The number of ether oxygens (including phenoxy) is 1. The highest BCUT2D eigenvalue weighted by Crippen LogP contribution is 2.27. The van der Waals surface area contributed by atoms with Crippen LogP contribution in [0.1, 0.15) is 31.2 Å². The molecule has 4 nitrogen and oxygen atoms in total. The molecule has 0 atom stereocenters. The second-order valence-electron chi connectivity index (χ2n) is 4.99. The van der Waals surface area contributed by atoms with Crippen molar-refractivity contribution in [2.24, 2.45) is 0 Å². The van der Waals surface area contributed by atoms with Crippen LogP contribution in [-0.2, 0) is 9.59 Å². The molecule has 0 saturated carbocycles. The van der Waals surface area contributed by atoms with Gasteiger partial charge in [0.15, 0.2) is 11.6 Å². The maximum Gasteiger partial charge on any atom is 0.341 e. The van der Waals surface area contributed by atoms with Crippen LogP contribution in [0, 0.1) is 5.82 Å². The van der Waals surface area contributed by atoms with Crippen LogP contribution in [0.25, 0.3) is 6.08 Å². The summed E-state index contributed by atoms with van der Waals surface area (Å²) in [6.07, 6.45) is 4.07. The number of carbonyl (C=O) groups is 2. The molecule has 0 unspecified atom stereocenters. The Morgan fingerprint density at radius 3 is 2.50 bits per heavy atom. The quantitative estimate of drug-likeness (QED) is 0.155. The Morgan fingerprint density at radius 1 is 1.21 bits per heavy atom. The van der Waals surface area contributed by atoms with E-state index in [9.17, 15) is 19.1 Å². The van der Waals surface area contributed by atoms with E-state index in [-0.39, 0.29) is 12.2 Å². The standard InChI is InChI=1S/C15H16Cl3FO4Si/c16-24(17,18)9-3-1-2-4-15(22)23-13-7-5-11(10-12(13)19)6-8-14(20)21/h5-8,10H,1-4,9H2,(H,20,21)/p-1/b8-6+. The summed E-state index contributed by atoms with van der Waals surface area (Å²) in [4.78, 5) is 22.0. The molecule has 0 amide bonds. The van der Waals surface area contributed by atoms with Crippen LogP contribution in [0.3, 0.4) is 0 Å². The van der Waals surface area contributed by atoms with Gasteiger partial charge in [-0.3, -0.25) is 4.79 Å². The van der Waals surface area contributed by atoms with Gasteiger partial charge in [-0.25, -0.2) is 4.39 Å². The van der Waals surface area contributed by atoms with E-state index in [2.05, 4.69) is 0 Å². The molecule has 0 bridgehead atoms. The van der Waals surface area contributed by atoms with Crippen molar-refractivity contribution in [3.63, 3.8) is 0 Å². The van der Waals surface area contributed by atoms with Crippen molar-refractivity contribution in [1.29, 1.82) is 0 Å². The zero-order chi connectivity index (χ0) is 18.2. The van der Waals surface area contributed by atoms with E-state index in [0.29, 0.717) is 30.9 Å². The number of rotatable bonds is 9. The molecular formula is C15H15Cl3FO4Si-. The number of carboxylic acids is 1. The van der Waals surface area contributed by atoms with Gasteiger partial charge in [-0.1, -0.05) is 25.0 Å². The largest absolute Gasteiger partial charge is 0.545 e. The van der Waals surface area contributed by atoms with Gasteiger partial charge < -0.3 is 14.6 Å². The highest BCUT2D eigenvalue weighted by molar-refractivity contribution is 7.64. The molecule has 0 aromatic heterocycles. The molecule has 132 valence electrons. The highest BCUT2D eigenvalue weighted by Gasteiger charge is 2.23. The molecule has 1 aromatic carbocycles. The Balaban J connectivity index is 2.43. The molecule has 24 heavy (non-hydrogen) atoms. The lowest BCUT2D eigenvalue weighted by Gasteiger charge is -2.08. The van der Waals surface area contributed by atoms with Crippen molar-refractivity contribution in [2.45, 2.75) is 31.7 Å². The summed E-state index contributed by atoms with van der Waals surface area (Å²) in [5, 5.41) is 10.3. The smallest absolute Gasteiger partial charge is 0.341 e. The first-order valence-corrected chi connectivity index (χ1v) is 12.4. The normalized spacial score (nSPS) is 11.7. The molecule has 0 N–H and O–H groups in total. The first-order valence-electron chi connectivity index (χ1n) is 7.13. The summed E-state index contributed by atoms with van der Waals surface area (Å²) >= 11 is 17.2. The third kappa shape index (κ3) is 9.27. The minimum absolute atomic E-state index is 0.132. The average molecular weight is 413 g/mol. The van der Waals surface area contributed by atoms with Gasteiger partial charge in [-0.15, -0.1) is 33.2 Å². The van der Waals surface area contributed by atoms with Crippen LogP contribution < -0.4 is 9.84 Å². The number of hydrogen-bond donors (Lipinski definition) is 0. The number of benzene rings is 1. The van der Waals surface area contributed by atoms with Crippen molar-refractivity contribution in [3.05, 3.63) is 35.7 Å². The minimum Gasteiger partial charge on any atom is -0.545 e. The van der Waals surface area contributed by atoms with Crippen LogP contribution in [0.15, 0.2) is 24.3 Å². The number of esters is 1. The van der Waals surface area contributed by atoms with E-state index < -0.39 is 23.8 Å². The topological polar surface area (TPSA) is 66.4 Å². The first-order chi connectivity index (χ1) is 11.2. The average Bonchev–Trinajstić information content (AvgIpc) is 2.46. The molecule has 0 aliphatic heterocycles. The van der Waals surface area contributed by atoms with Gasteiger partial charge in [0.1, 0.15) is 0 Å². The third-order valence-electron chi connectivity index (χ3n) is 2.93. The maximum atomic E-state index is 13.8. The molecule has 1 rings (SSSR count). The fourth-order valence-corrected chi connectivity index (χ4v) is 3.67. The molecule has 0 heterocycles. The predicted molar refractivity (Wildman–Crippen MR) is 92.7 cm³/mol. The zero-order valence-electron chi connectivity index (χ0n) is 12.6. The molecule has 0 aliphatic carbocycles. The number of carbonyl (C=O) groups excluding carboxylic acids is 2. The van der Waals surface area contributed by atoms with E-state index in [0.717, 1.165) is 12.1 Å². The van der Waals surface area contributed by atoms with Crippen LogP contribution in [0.5, 0.6) is 5.75 Å². The highest BCUT2D eigenvalue weighted by atomic mass is 35.8. The van der Waals surface area contributed by atoms with Gasteiger partial charge in [0.25, 0.3) is 0 Å². The second kappa shape index (κ2) is 10.0. The van der Waals surface area contributed by atoms with Crippen LogP contribution in [0.4, 0.5) is 4.39 Å². The molecule has 1 aromatic rings. The van der Waals surface area contributed by atoms with Crippen LogP contribution in [-0.4, -0.2) is 17.9 Å². The second-order valence-corrected chi connectivity index (χ2v) is 14.3. The van der Waals surface area contributed by atoms with Crippen LogP contribution in [0.2, 0.25) is 6.04 Å². The first kappa shape index (κ1) is 21.0. The molecule has 0 fully saturated rings. The zero-order valence-corrected chi connectivity index (χ0v) is 15.8. The molecular weight excluding hydrogens is 398 g/mol.